The van der Waals surface area contributed by atoms with Crippen LogP contribution in [-0.2, 0) is 0 Å². The van der Waals surface area contributed by atoms with Crippen LogP contribution in [0.5, 0.6) is 0 Å². The highest BCUT2D eigenvalue weighted by Gasteiger charge is 2.20. The predicted molar refractivity (Wildman–Crippen MR) is 69.6 cm³/mol. The average molecular weight is 260 g/mol. The molecule has 1 aliphatic carbocycles. The van der Waals surface area contributed by atoms with Gasteiger partial charge in [0.25, 0.3) is 11.5 Å². The highest BCUT2D eigenvalue weighted by Crippen LogP contribution is 2.19. The van der Waals surface area contributed by atoms with Gasteiger partial charge in [-0.2, -0.15) is 0 Å². The molecule has 1 fully saturated rings. The third-order valence-corrected chi connectivity index (χ3v) is 3.49. The van der Waals surface area contributed by atoms with Crippen LogP contribution >= 0.6 is 0 Å². The van der Waals surface area contributed by atoms with Crippen molar-refractivity contribution in [1.29, 1.82) is 0 Å². The molecule has 2 aromatic rings. The van der Waals surface area contributed by atoms with Gasteiger partial charge in [-0.05, 0) is 48.9 Å². The highest BCUT2D eigenvalue weighted by molar-refractivity contribution is 5.96. The number of hydrogen-bond donors (Lipinski definition) is 2. The minimum absolute atomic E-state index is 0.176. The van der Waals surface area contributed by atoms with Crippen molar-refractivity contribution in [3.8, 4) is 0 Å². The lowest BCUT2D eigenvalue weighted by atomic mass is 9.93. The Bertz CT molecular complexity index is 704. The number of amides is 1. The molecule has 0 unspecified atom stereocenters. The number of hydrogen-bond acceptors (Lipinski definition) is 2. The van der Waals surface area contributed by atoms with Crippen molar-refractivity contribution in [2.75, 3.05) is 0 Å². The van der Waals surface area contributed by atoms with Crippen LogP contribution in [0.15, 0.2) is 29.1 Å². The molecule has 1 saturated carbocycles. The molecular weight excluding hydrogens is 247 g/mol. The van der Waals surface area contributed by atoms with Gasteiger partial charge in [0.15, 0.2) is 0 Å². The lowest BCUT2D eigenvalue weighted by Gasteiger charge is -2.26. The van der Waals surface area contributed by atoms with Crippen molar-refractivity contribution in [2.24, 2.45) is 0 Å². The fraction of sp³-hybridized carbons (Fsp3) is 0.286. The molecular formula is C14H13FN2O2. The highest BCUT2D eigenvalue weighted by atomic mass is 19.1. The van der Waals surface area contributed by atoms with Crippen molar-refractivity contribution >= 4 is 16.7 Å². The van der Waals surface area contributed by atoms with Crippen molar-refractivity contribution in [3.05, 3.63) is 46.1 Å². The molecule has 1 heterocycles. The second-order valence-electron chi connectivity index (χ2n) is 4.84. The summed E-state index contributed by atoms with van der Waals surface area (Å²) in [5.74, 6) is -0.739. The summed E-state index contributed by atoms with van der Waals surface area (Å²) in [4.78, 5) is 26.3. The fourth-order valence-electron chi connectivity index (χ4n) is 2.18. The molecule has 1 aromatic carbocycles. The standard InChI is InChI=1S/C14H13FN2O2/c15-9-4-5-11-8(6-9)7-12(17-13(11)18)14(19)16-10-2-1-3-10/h4-7,10H,1-3H2,(H,16,19)(H,17,18). The van der Waals surface area contributed by atoms with Crippen molar-refractivity contribution < 1.29 is 9.18 Å². The SMILES string of the molecule is O=C(NC1CCC1)c1cc2cc(F)ccc2c(=O)[nH]1. The van der Waals surface area contributed by atoms with E-state index in [0.29, 0.717) is 10.8 Å². The van der Waals surface area contributed by atoms with E-state index in [9.17, 15) is 14.0 Å². The van der Waals surface area contributed by atoms with E-state index >= 15 is 0 Å². The van der Waals surface area contributed by atoms with Gasteiger partial charge in [-0.25, -0.2) is 4.39 Å². The van der Waals surface area contributed by atoms with E-state index in [0.717, 1.165) is 19.3 Å². The topological polar surface area (TPSA) is 62.0 Å². The molecule has 0 spiro atoms. The summed E-state index contributed by atoms with van der Waals surface area (Å²) in [6, 6.07) is 5.60. The van der Waals surface area contributed by atoms with Crippen molar-refractivity contribution in [3.63, 3.8) is 0 Å². The molecule has 1 aliphatic rings. The van der Waals surface area contributed by atoms with Crippen LogP contribution in [-0.4, -0.2) is 16.9 Å². The maximum absolute atomic E-state index is 13.2. The number of aromatic amines is 1. The molecule has 3 rings (SSSR count). The first-order valence-corrected chi connectivity index (χ1v) is 6.27. The van der Waals surface area contributed by atoms with Crippen LogP contribution in [0, 0.1) is 5.82 Å². The van der Waals surface area contributed by atoms with Gasteiger partial charge in [0.1, 0.15) is 11.5 Å². The molecule has 5 heteroatoms. The average Bonchev–Trinajstić information content (AvgIpc) is 2.32. The first-order chi connectivity index (χ1) is 9.13. The zero-order valence-electron chi connectivity index (χ0n) is 10.2. The Morgan fingerprint density at radius 1 is 1.32 bits per heavy atom. The summed E-state index contributed by atoms with van der Waals surface area (Å²) >= 11 is 0. The van der Waals surface area contributed by atoms with E-state index in [2.05, 4.69) is 10.3 Å². The zero-order chi connectivity index (χ0) is 13.4. The summed E-state index contributed by atoms with van der Waals surface area (Å²) in [5.41, 5.74) is -0.203. The zero-order valence-corrected chi connectivity index (χ0v) is 10.2. The van der Waals surface area contributed by atoms with Crippen LogP contribution in [0.1, 0.15) is 29.8 Å². The number of benzene rings is 1. The Morgan fingerprint density at radius 3 is 2.79 bits per heavy atom. The minimum atomic E-state index is -0.427. The number of rotatable bonds is 2. The number of halogens is 1. The Hall–Kier alpha value is -2.17. The summed E-state index contributed by atoms with van der Waals surface area (Å²) < 4.78 is 13.2. The largest absolute Gasteiger partial charge is 0.348 e. The number of aromatic nitrogens is 1. The molecule has 0 saturated heterocycles. The smallest absolute Gasteiger partial charge is 0.268 e. The number of nitrogens with one attached hydrogen (secondary N) is 2. The van der Waals surface area contributed by atoms with Crippen molar-refractivity contribution in [1.82, 2.24) is 10.3 Å². The molecule has 1 amide bonds. The van der Waals surface area contributed by atoms with Gasteiger partial charge in [-0.3, -0.25) is 9.59 Å². The number of carbonyl (C=O) groups is 1. The molecule has 0 atom stereocenters. The fourth-order valence-corrected chi connectivity index (χ4v) is 2.18. The maximum Gasteiger partial charge on any atom is 0.268 e. The Labute approximate surface area is 108 Å². The van der Waals surface area contributed by atoms with E-state index in [4.69, 9.17) is 0 Å². The van der Waals surface area contributed by atoms with E-state index in [1.807, 2.05) is 0 Å². The predicted octanol–water partition coefficient (Wildman–Crippen LogP) is 1.95. The second kappa shape index (κ2) is 4.50. The summed E-state index contributed by atoms with van der Waals surface area (Å²) in [6.45, 7) is 0. The third kappa shape index (κ3) is 2.23. The molecule has 1 aromatic heterocycles. The minimum Gasteiger partial charge on any atom is -0.348 e. The first kappa shape index (κ1) is 11.9. The summed E-state index contributed by atoms with van der Waals surface area (Å²) in [6.07, 6.45) is 3.06. The van der Waals surface area contributed by atoms with Gasteiger partial charge in [0.2, 0.25) is 0 Å². The van der Waals surface area contributed by atoms with Crippen LogP contribution in [0.3, 0.4) is 0 Å². The quantitative estimate of drug-likeness (QED) is 0.867. The molecule has 4 nitrogen and oxygen atoms in total. The van der Waals surface area contributed by atoms with Crippen LogP contribution in [0.4, 0.5) is 4.39 Å². The van der Waals surface area contributed by atoms with Gasteiger partial charge >= 0.3 is 0 Å². The number of carbonyl (C=O) groups excluding carboxylic acids is 1. The molecule has 2 N–H and O–H groups in total. The molecule has 0 radical (unpaired) electrons. The van der Waals surface area contributed by atoms with E-state index < -0.39 is 5.82 Å². The molecule has 0 bridgehead atoms. The summed E-state index contributed by atoms with van der Waals surface area (Å²) in [7, 11) is 0. The van der Waals surface area contributed by atoms with Crippen LogP contribution < -0.4 is 10.9 Å². The third-order valence-electron chi connectivity index (χ3n) is 3.49. The van der Waals surface area contributed by atoms with Gasteiger partial charge in [-0.1, -0.05) is 0 Å². The van der Waals surface area contributed by atoms with Gasteiger partial charge < -0.3 is 10.3 Å². The van der Waals surface area contributed by atoms with Crippen molar-refractivity contribution in [2.45, 2.75) is 25.3 Å². The van der Waals surface area contributed by atoms with E-state index in [1.165, 1.54) is 24.3 Å². The van der Waals surface area contributed by atoms with Crippen LogP contribution in [0.25, 0.3) is 10.8 Å². The lowest BCUT2D eigenvalue weighted by molar-refractivity contribution is 0.0912. The lowest BCUT2D eigenvalue weighted by Crippen LogP contribution is -2.40. The Morgan fingerprint density at radius 2 is 2.11 bits per heavy atom. The first-order valence-electron chi connectivity index (χ1n) is 6.27. The maximum atomic E-state index is 13.2. The number of pyridine rings is 1. The summed E-state index contributed by atoms with van der Waals surface area (Å²) in [5, 5.41) is 3.65. The van der Waals surface area contributed by atoms with E-state index in [-0.39, 0.29) is 23.2 Å². The van der Waals surface area contributed by atoms with E-state index in [1.54, 1.807) is 0 Å². The van der Waals surface area contributed by atoms with Gasteiger partial charge in [0.05, 0.1) is 0 Å². The number of fused-ring (bicyclic) bond motifs is 1. The Kier molecular flexibility index (Phi) is 2.81. The van der Waals surface area contributed by atoms with Gasteiger partial charge in [0, 0.05) is 11.4 Å². The monoisotopic (exact) mass is 260 g/mol. The number of H-pyrrole nitrogens is 1. The molecule has 0 aliphatic heterocycles. The second-order valence-corrected chi connectivity index (χ2v) is 4.84. The van der Waals surface area contributed by atoms with Gasteiger partial charge in [-0.15, -0.1) is 0 Å². The van der Waals surface area contributed by atoms with Crippen LogP contribution in [0.2, 0.25) is 0 Å². The molecule has 98 valence electrons. The Balaban J connectivity index is 1.99. The molecule has 19 heavy (non-hydrogen) atoms. The normalized spacial score (nSPS) is 15.2.